The summed E-state index contributed by atoms with van der Waals surface area (Å²) in [5.74, 6) is -8.97. The van der Waals surface area contributed by atoms with Crippen LogP contribution in [0.25, 0.3) is 10.9 Å². The van der Waals surface area contributed by atoms with Crippen molar-refractivity contribution in [2.24, 2.45) is 86.6 Å². The highest BCUT2D eigenvalue weighted by Crippen LogP contribution is 2.19. The van der Waals surface area contributed by atoms with Crippen LogP contribution in [0, 0.1) is 23.2 Å². The number of nitrogens with one attached hydrogen (secondary N) is 5. The minimum Gasteiger partial charge on any atom is -0.508 e. The lowest BCUT2D eigenvalue weighted by atomic mass is 10.0. The van der Waals surface area contributed by atoms with E-state index >= 15 is 0 Å². The number of hydrogen-bond donors (Lipinski definition) is 29. The van der Waals surface area contributed by atoms with Gasteiger partial charge in [-0.05, 0) is 142 Å². The number of aliphatic carboxylic acids is 11. The van der Waals surface area contributed by atoms with E-state index in [-0.39, 0.29) is 42.4 Å². The largest absolute Gasteiger partial charge is 0.508 e. The molecule has 41 N–H and O–H groups in total. The summed E-state index contributed by atoms with van der Waals surface area (Å²) in [7, 11) is 0. The van der Waals surface area contributed by atoms with Crippen LogP contribution in [0.1, 0.15) is 128 Å². The van der Waals surface area contributed by atoms with Gasteiger partial charge >= 0.3 is 65.7 Å². The lowest BCUT2D eigenvalue weighted by Gasteiger charge is -2.11. The normalized spacial score (nSPS) is 14.2. The number of benzene rings is 3. The van der Waals surface area contributed by atoms with Crippen molar-refractivity contribution in [3.8, 4) is 5.75 Å². The maximum absolute atomic E-state index is 10.6. The van der Waals surface area contributed by atoms with Crippen LogP contribution in [0.4, 0.5) is 0 Å². The minimum absolute atomic E-state index is 0.0208. The summed E-state index contributed by atoms with van der Waals surface area (Å²) < 4.78 is 0. The molecule has 1 fully saturated rings. The van der Waals surface area contributed by atoms with Gasteiger partial charge in [0.15, 0.2) is 5.96 Å². The molecule has 0 amide bonds. The van der Waals surface area contributed by atoms with Gasteiger partial charge in [0.25, 0.3) is 0 Å². The standard InChI is InChI=1S/C11H12N2O2.C9H11NO3.C9H11NO2.C6H14N4O2.C6H9N3O2.C6H14N2O2.2C6H13NO2.C5H11NO2S.C5H9NO2.C5H11NO2/c12-9(11(14)15)5-7-6-13-10-4-2-1-3-8(7)10;10-8(9(12)13)5-6-1-3-7(11)4-2-6;10-8(9(11)12)6-7-4-2-1-3-5-7;7-4(5(11)12)2-1-3-10-6(8)9;7-5(6(10)11)1-4-2-8-3-9-4;7-4-2-1-3-5(8)6(9)10;1-4(2)3-5(7)6(8)9;1-3-4(2)5(7)6(8)9;1-9-3-2-4(6)5(7)8;7-5(8)4-2-1-3-6-4;1-3(2)4(6)5(7)8/h1-4,6,9,13H,5,12H2,(H,14,15);1-4,8,11H,5,10H2,(H,12,13);1-5,8H,6,10H2,(H,11,12);4H,1-3,7H2,(H,11,12)(H4,8,9,10);2-3,5H,1,7H2,(H,8,9)(H,10,11);5H,1-4,7-8H2,(H,9,10);2*4-5H,3,7H2,1-2H3,(H,8,9);4H,2-3,6H2,1H3,(H,7,8);4,6H,1-3H2,(H,7,8);3-4H,6H2,1-2H3,(H,7,8)/t9-;2*8-;4-;3*5-;4-,5-;3*4-/m00000000000/s1. The molecule has 0 radical (unpaired) electrons. The van der Waals surface area contributed by atoms with Gasteiger partial charge in [0.2, 0.25) is 0 Å². The zero-order valence-corrected chi connectivity index (χ0v) is 67.5. The van der Waals surface area contributed by atoms with E-state index in [1.165, 1.54) is 18.5 Å². The quantitative estimate of drug-likeness (QED) is 0.0150. The van der Waals surface area contributed by atoms with Crippen molar-refractivity contribution in [3.63, 3.8) is 0 Å². The molecule has 3 heterocycles. The third-order valence-corrected chi connectivity index (χ3v) is 16.2. The number of aromatic amines is 2. The van der Waals surface area contributed by atoms with Gasteiger partial charge in [0.05, 0.1) is 12.0 Å². The fourth-order valence-electron chi connectivity index (χ4n) is 8.22. The SMILES string of the molecule is CC(C)C[C@H](N)C(=O)O.CC(C)[C@H](N)C(=O)O.CC[C@H](C)[C@H](N)C(=O)O.CSCC[C@H](N)C(=O)O.N=C(N)NCCC[C@H](N)C(=O)O.NCCCC[C@H](N)C(=O)O.N[C@@H](Cc1c[nH]c2ccccc12)C(=O)O.N[C@@H](Cc1c[nH]cn1)C(=O)O.N[C@@H](Cc1ccc(O)cc1)C(=O)O.N[C@@H](Cc1ccccc1)C(=O)O.O=C(O)[C@@H]1CCCN1. The average molecular weight is 1670 g/mol. The fourth-order valence-corrected chi connectivity index (χ4v) is 8.71. The molecule has 2 aromatic heterocycles. The summed E-state index contributed by atoms with van der Waals surface area (Å²) in [5.41, 5.74) is 67.3. The molecular weight excluding hydrogens is 1540 g/mol. The van der Waals surface area contributed by atoms with Crippen molar-refractivity contribution in [3.05, 3.63) is 120 Å². The number of imidazole rings is 1. The Hall–Kier alpha value is -10.5. The summed E-state index contributed by atoms with van der Waals surface area (Å²) >= 11 is 1.60. The summed E-state index contributed by atoms with van der Waals surface area (Å²) in [4.78, 5) is 122. The molecule has 0 aliphatic carbocycles. The predicted octanol–water partition coefficient (Wildman–Crippen LogP) is 0.580. The van der Waals surface area contributed by atoms with Crippen molar-refractivity contribution < 1.29 is 114 Å². The number of unbranched alkanes of at least 4 members (excludes halogenated alkanes) is 1. The number of fused-ring (bicyclic) bond motifs is 1. The van der Waals surface area contributed by atoms with E-state index in [0.717, 1.165) is 72.0 Å². The van der Waals surface area contributed by atoms with Crippen LogP contribution >= 0.6 is 11.8 Å². The van der Waals surface area contributed by atoms with Gasteiger partial charge in [-0.2, -0.15) is 11.8 Å². The van der Waals surface area contributed by atoms with Crippen LogP contribution in [0.5, 0.6) is 5.75 Å². The Morgan fingerprint density at radius 3 is 1.33 bits per heavy atom. The first kappa shape index (κ1) is 114. The first-order valence-electron chi connectivity index (χ1n) is 36.5. The summed E-state index contributed by atoms with van der Waals surface area (Å²) in [5, 5.41) is 115. The van der Waals surface area contributed by atoms with Crippen LogP contribution in [0.15, 0.2) is 97.6 Å². The Morgan fingerprint density at radius 2 is 0.974 bits per heavy atom. The number of thioether (sulfide) groups is 1. The molecule has 1 aliphatic rings. The second-order valence-corrected chi connectivity index (χ2v) is 27.5. The van der Waals surface area contributed by atoms with E-state index in [0.29, 0.717) is 69.6 Å². The van der Waals surface area contributed by atoms with Gasteiger partial charge in [-0.1, -0.05) is 115 Å². The molecule has 1 saturated heterocycles. The molecule has 12 atom stereocenters. The molecule has 658 valence electrons. The molecule has 42 heteroatoms. The highest BCUT2D eigenvalue weighted by atomic mass is 32.2. The highest BCUT2D eigenvalue weighted by Gasteiger charge is 2.22. The van der Waals surface area contributed by atoms with Crippen molar-refractivity contribution in [2.45, 2.75) is 198 Å². The van der Waals surface area contributed by atoms with Crippen molar-refractivity contribution in [1.82, 2.24) is 25.6 Å². The van der Waals surface area contributed by atoms with Crippen molar-refractivity contribution in [1.29, 1.82) is 5.41 Å². The average Bonchev–Trinajstić information content (AvgIpc) is 1.69. The summed E-state index contributed by atoms with van der Waals surface area (Å²) in [6.45, 7) is 13.1. The van der Waals surface area contributed by atoms with Gasteiger partial charge < -0.3 is 151 Å². The Bertz CT molecular complexity index is 3530. The van der Waals surface area contributed by atoms with Crippen LogP contribution in [0.3, 0.4) is 0 Å². The van der Waals surface area contributed by atoms with E-state index in [9.17, 15) is 52.7 Å². The molecule has 3 aromatic carbocycles. The maximum atomic E-state index is 10.6. The number of aromatic nitrogens is 3. The third-order valence-electron chi connectivity index (χ3n) is 15.6. The van der Waals surface area contributed by atoms with Gasteiger partial charge in [-0.25, -0.2) is 4.98 Å². The number of H-pyrrole nitrogens is 2. The molecule has 0 spiro atoms. The molecular formula is C74H128N18O23S. The lowest BCUT2D eigenvalue weighted by molar-refractivity contribution is -0.140. The summed E-state index contributed by atoms with van der Waals surface area (Å²) in [6.07, 6.45) is 15.0. The second-order valence-electron chi connectivity index (χ2n) is 26.5. The summed E-state index contributed by atoms with van der Waals surface area (Å²) in [6, 6.07) is 15.4. The maximum Gasteiger partial charge on any atom is 0.320 e. The topological polar surface area (TPSA) is 835 Å². The van der Waals surface area contributed by atoms with Gasteiger partial charge in [0.1, 0.15) is 72.2 Å². The number of rotatable bonds is 35. The Labute approximate surface area is 678 Å². The zero-order valence-electron chi connectivity index (χ0n) is 66.7. The van der Waals surface area contributed by atoms with E-state index in [1.807, 2.05) is 94.7 Å². The van der Waals surface area contributed by atoms with Crippen molar-refractivity contribution >= 4 is 94.3 Å². The monoisotopic (exact) mass is 1670 g/mol. The van der Waals surface area contributed by atoms with Crippen LogP contribution in [-0.4, -0.2) is 246 Å². The molecule has 41 nitrogen and oxygen atoms in total. The van der Waals surface area contributed by atoms with Crippen LogP contribution < -0.4 is 79.4 Å². The van der Waals surface area contributed by atoms with E-state index < -0.39 is 126 Å². The third kappa shape index (κ3) is 62.9. The number of carboxylic acid groups (broad SMARTS) is 11. The lowest BCUT2D eigenvalue weighted by Crippen LogP contribution is -2.36. The number of carbonyl (C=O) groups is 11. The number of phenols is 1. The molecule has 5 aromatic rings. The molecule has 0 unspecified atom stereocenters. The first-order chi connectivity index (χ1) is 54.1. The number of phenolic OH excluding ortho intramolecular Hbond substituents is 1. The Morgan fingerprint density at radius 1 is 0.534 bits per heavy atom. The predicted molar refractivity (Wildman–Crippen MR) is 440 cm³/mol. The zero-order chi connectivity index (χ0) is 90.3. The van der Waals surface area contributed by atoms with Crippen molar-refractivity contribution in [2.75, 3.05) is 31.6 Å². The van der Waals surface area contributed by atoms with E-state index in [1.54, 1.807) is 43.9 Å². The molecule has 0 saturated carbocycles. The fraction of sp³-hybridized carbons (Fsp3) is 0.527. The van der Waals surface area contributed by atoms with Crippen LogP contribution in [-0.2, 0) is 78.4 Å². The molecule has 0 bridgehead atoms. The van der Waals surface area contributed by atoms with Gasteiger partial charge in [-0.15, -0.1) is 0 Å². The van der Waals surface area contributed by atoms with Crippen LogP contribution in [0.2, 0.25) is 0 Å². The number of carboxylic acids is 11. The number of aromatic hydroxyl groups is 1. The number of para-hydroxylation sites is 1. The Balaban J connectivity index is -0.000000392. The number of guanidine groups is 1. The molecule has 116 heavy (non-hydrogen) atoms. The van der Waals surface area contributed by atoms with Gasteiger partial charge in [-0.3, -0.25) is 58.1 Å². The highest BCUT2D eigenvalue weighted by molar-refractivity contribution is 7.98. The second kappa shape index (κ2) is 67.8. The number of nitrogens with two attached hydrogens (primary N) is 12. The van der Waals surface area contributed by atoms with E-state index in [2.05, 4.69) is 25.6 Å². The van der Waals surface area contributed by atoms with Gasteiger partial charge in [0, 0.05) is 42.7 Å². The smallest absolute Gasteiger partial charge is 0.320 e. The molecule has 6 rings (SSSR count). The number of nitrogens with zero attached hydrogens (tertiary/aromatic N) is 1. The van der Waals surface area contributed by atoms with E-state index in [4.69, 9.17) is 135 Å². The first-order valence-corrected chi connectivity index (χ1v) is 37.9. The Kier molecular flexibility index (Phi) is 66.7. The molecule has 1 aliphatic heterocycles. The minimum atomic E-state index is -1.02. The number of hydrogen-bond acceptors (Lipinski definition) is 27.